The van der Waals surface area contributed by atoms with Crippen molar-refractivity contribution in [2.24, 2.45) is 0 Å². The molecule has 0 atom stereocenters. The van der Waals surface area contributed by atoms with E-state index in [0.717, 1.165) is 26.1 Å². The number of allylic oxidation sites excluding steroid dienone is 1. The first-order valence-electron chi connectivity index (χ1n) is 9.81. The largest absolute Gasteiger partial charge is 0.465 e. The van der Waals surface area contributed by atoms with Crippen LogP contribution >= 0.6 is 0 Å². The number of nitrogens with one attached hydrogen (secondary N) is 1. The molecule has 1 heterocycles. The van der Waals surface area contributed by atoms with Gasteiger partial charge >= 0.3 is 12.0 Å². The van der Waals surface area contributed by atoms with Gasteiger partial charge in [0, 0.05) is 32.7 Å². The zero-order chi connectivity index (χ0) is 19.1. The summed E-state index contributed by atoms with van der Waals surface area (Å²) in [6.07, 6.45) is 8.70. The quantitative estimate of drug-likeness (QED) is 0.635. The topological polar surface area (TPSA) is 61.9 Å². The summed E-state index contributed by atoms with van der Waals surface area (Å²) >= 11 is 0. The maximum absolute atomic E-state index is 12.6. The average Bonchev–Trinajstić information content (AvgIpc) is 2.73. The van der Waals surface area contributed by atoms with Crippen LogP contribution < -0.4 is 5.32 Å². The van der Waals surface area contributed by atoms with Crippen LogP contribution in [0.2, 0.25) is 0 Å². The molecule has 0 aromatic heterocycles. The maximum Gasteiger partial charge on any atom is 0.339 e. The minimum Gasteiger partial charge on any atom is -0.465 e. The molecular weight excluding hydrogens is 342 g/mol. The molecule has 0 unspecified atom stereocenters. The average molecular weight is 371 g/mol. The summed E-state index contributed by atoms with van der Waals surface area (Å²) in [6, 6.07) is 6.75. The van der Waals surface area contributed by atoms with E-state index in [4.69, 9.17) is 4.74 Å². The van der Waals surface area contributed by atoms with Crippen LogP contribution in [0.5, 0.6) is 0 Å². The van der Waals surface area contributed by atoms with E-state index < -0.39 is 5.97 Å². The number of carbonyl (C=O) groups excluding carboxylic acids is 2. The number of esters is 1. The number of amides is 2. The van der Waals surface area contributed by atoms with Gasteiger partial charge in [0.25, 0.3) is 0 Å². The first-order valence-corrected chi connectivity index (χ1v) is 9.81. The third-order valence-electron chi connectivity index (χ3n) is 5.37. The summed E-state index contributed by atoms with van der Waals surface area (Å²) in [4.78, 5) is 28.7. The van der Waals surface area contributed by atoms with E-state index in [1.807, 2.05) is 4.90 Å². The Morgan fingerprint density at radius 1 is 1.11 bits per heavy atom. The second-order valence-electron chi connectivity index (χ2n) is 7.15. The lowest BCUT2D eigenvalue weighted by atomic mass is 9.97. The lowest BCUT2D eigenvalue weighted by molar-refractivity contribution is 0.0602. The van der Waals surface area contributed by atoms with Gasteiger partial charge in [-0.3, -0.25) is 4.90 Å². The minimum atomic E-state index is -0.451. The predicted octanol–water partition coefficient (Wildman–Crippen LogP) is 3.51. The molecule has 0 spiro atoms. The number of rotatable bonds is 5. The molecule has 3 rings (SSSR count). The molecule has 1 saturated heterocycles. The lowest BCUT2D eigenvalue weighted by Gasteiger charge is -2.35. The Balaban J connectivity index is 1.47. The van der Waals surface area contributed by atoms with Gasteiger partial charge in [-0.15, -0.1) is 0 Å². The summed E-state index contributed by atoms with van der Waals surface area (Å²) < 4.78 is 4.78. The second-order valence-corrected chi connectivity index (χ2v) is 7.15. The van der Waals surface area contributed by atoms with E-state index in [1.54, 1.807) is 29.8 Å². The normalized spacial score (nSPS) is 18.0. The molecule has 1 aromatic rings. The fraction of sp³-hybridized carbons (Fsp3) is 0.524. The predicted molar refractivity (Wildman–Crippen MR) is 106 cm³/mol. The Hall–Kier alpha value is -2.34. The number of carbonyl (C=O) groups is 2. The highest BCUT2D eigenvalue weighted by Crippen LogP contribution is 2.21. The molecule has 27 heavy (non-hydrogen) atoms. The molecule has 0 radical (unpaired) electrons. The number of anilines is 1. The first-order chi connectivity index (χ1) is 13.2. The van der Waals surface area contributed by atoms with E-state index in [2.05, 4.69) is 16.3 Å². The molecule has 1 aliphatic carbocycles. The van der Waals surface area contributed by atoms with E-state index >= 15 is 0 Å². The monoisotopic (exact) mass is 371 g/mol. The fourth-order valence-electron chi connectivity index (χ4n) is 3.68. The van der Waals surface area contributed by atoms with E-state index in [1.165, 1.54) is 32.8 Å². The van der Waals surface area contributed by atoms with Crippen LogP contribution in [0.1, 0.15) is 42.5 Å². The number of nitrogens with zero attached hydrogens (tertiary/aromatic N) is 2. The highest BCUT2D eigenvalue weighted by Gasteiger charge is 2.22. The minimum absolute atomic E-state index is 0.166. The van der Waals surface area contributed by atoms with Gasteiger partial charge in [-0.1, -0.05) is 23.8 Å². The summed E-state index contributed by atoms with van der Waals surface area (Å²) in [7, 11) is 1.34. The number of piperazine rings is 1. The van der Waals surface area contributed by atoms with Crippen LogP contribution in [-0.4, -0.2) is 61.6 Å². The lowest BCUT2D eigenvalue weighted by Crippen LogP contribution is -2.50. The molecule has 1 aromatic carbocycles. The number of benzene rings is 1. The molecule has 1 fully saturated rings. The van der Waals surface area contributed by atoms with Gasteiger partial charge < -0.3 is 15.0 Å². The number of ether oxygens (including phenoxy) is 1. The number of hydrogen-bond acceptors (Lipinski definition) is 4. The van der Waals surface area contributed by atoms with Crippen LogP contribution in [-0.2, 0) is 4.74 Å². The molecule has 2 aliphatic rings. The Labute approximate surface area is 161 Å². The maximum atomic E-state index is 12.6. The summed E-state index contributed by atoms with van der Waals surface area (Å²) in [6.45, 7) is 4.25. The number of para-hydroxylation sites is 1. The van der Waals surface area contributed by atoms with Crippen molar-refractivity contribution in [2.75, 3.05) is 45.2 Å². The first kappa shape index (κ1) is 19.4. The molecule has 6 heteroatoms. The Morgan fingerprint density at radius 3 is 2.59 bits per heavy atom. The van der Waals surface area contributed by atoms with Crippen molar-refractivity contribution in [2.45, 2.75) is 32.1 Å². The Morgan fingerprint density at radius 2 is 1.89 bits per heavy atom. The molecular formula is C21H29N3O3. The third-order valence-corrected chi connectivity index (χ3v) is 5.37. The Bertz CT molecular complexity index is 694. The van der Waals surface area contributed by atoms with Crippen molar-refractivity contribution in [3.63, 3.8) is 0 Å². The smallest absolute Gasteiger partial charge is 0.339 e. The van der Waals surface area contributed by atoms with Crippen LogP contribution in [0.3, 0.4) is 0 Å². The zero-order valence-electron chi connectivity index (χ0n) is 16.1. The molecule has 1 N–H and O–H groups in total. The van der Waals surface area contributed by atoms with Crippen molar-refractivity contribution in [1.82, 2.24) is 9.80 Å². The van der Waals surface area contributed by atoms with Crippen molar-refractivity contribution >= 4 is 17.7 Å². The van der Waals surface area contributed by atoms with Crippen molar-refractivity contribution < 1.29 is 14.3 Å². The number of hydrogen-bond donors (Lipinski definition) is 1. The third kappa shape index (κ3) is 5.32. The molecule has 0 bridgehead atoms. The Kier molecular flexibility index (Phi) is 6.87. The van der Waals surface area contributed by atoms with Crippen molar-refractivity contribution in [3.05, 3.63) is 41.5 Å². The van der Waals surface area contributed by atoms with E-state index in [9.17, 15) is 9.59 Å². The van der Waals surface area contributed by atoms with Crippen LogP contribution in [0.4, 0.5) is 10.5 Å². The van der Waals surface area contributed by atoms with Gasteiger partial charge in [0.15, 0.2) is 0 Å². The van der Waals surface area contributed by atoms with Crippen LogP contribution in [0, 0.1) is 0 Å². The molecule has 0 saturated carbocycles. The van der Waals surface area contributed by atoms with Gasteiger partial charge in [0.05, 0.1) is 18.4 Å². The standard InChI is InChI=1S/C21H29N3O3/c1-27-20(25)18-9-5-6-10-19(18)22-21(26)24-15-13-23(14-16-24)12-11-17-7-3-2-4-8-17/h5-7,9-10H,2-4,8,11-16H2,1H3,(H,22,26). The van der Waals surface area contributed by atoms with Gasteiger partial charge in [0.1, 0.15) is 0 Å². The van der Waals surface area contributed by atoms with Crippen LogP contribution in [0.25, 0.3) is 0 Å². The van der Waals surface area contributed by atoms with Crippen molar-refractivity contribution in [1.29, 1.82) is 0 Å². The number of urea groups is 1. The van der Waals surface area contributed by atoms with Gasteiger partial charge in [-0.05, 0) is 44.2 Å². The van der Waals surface area contributed by atoms with Gasteiger partial charge in [0.2, 0.25) is 0 Å². The van der Waals surface area contributed by atoms with Crippen LogP contribution in [0.15, 0.2) is 35.9 Å². The zero-order valence-corrected chi connectivity index (χ0v) is 16.1. The SMILES string of the molecule is COC(=O)c1ccccc1NC(=O)N1CCN(CCC2=CCCCC2)CC1. The molecule has 6 nitrogen and oxygen atoms in total. The van der Waals surface area contributed by atoms with Crippen molar-refractivity contribution in [3.8, 4) is 0 Å². The van der Waals surface area contributed by atoms with E-state index in [0.29, 0.717) is 24.3 Å². The molecule has 2 amide bonds. The summed E-state index contributed by atoms with van der Waals surface area (Å²) in [5.74, 6) is -0.451. The van der Waals surface area contributed by atoms with Gasteiger partial charge in [-0.2, -0.15) is 0 Å². The number of methoxy groups -OCH3 is 1. The van der Waals surface area contributed by atoms with Gasteiger partial charge in [-0.25, -0.2) is 9.59 Å². The van der Waals surface area contributed by atoms with E-state index in [-0.39, 0.29) is 6.03 Å². The molecule has 1 aliphatic heterocycles. The second kappa shape index (κ2) is 9.55. The summed E-state index contributed by atoms with van der Waals surface area (Å²) in [5.41, 5.74) is 2.45. The molecule has 146 valence electrons. The highest BCUT2D eigenvalue weighted by molar-refractivity contribution is 6.00. The summed E-state index contributed by atoms with van der Waals surface area (Å²) in [5, 5.41) is 2.85. The highest BCUT2D eigenvalue weighted by atomic mass is 16.5. The fourth-order valence-corrected chi connectivity index (χ4v) is 3.68.